The molecule has 0 aromatic rings. The number of hydrogen-bond donors (Lipinski definition) is 2. The number of carbonyl (C=O) groups is 1. The Bertz CT molecular complexity index is 391. The number of rotatable bonds is 10. The van der Waals surface area contributed by atoms with E-state index in [1.807, 2.05) is 4.90 Å². The molecule has 2 N–H and O–H groups in total. The predicted molar refractivity (Wildman–Crippen MR) is 106 cm³/mol. The Morgan fingerprint density at radius 3 is 2.44 bits per heavy atom. The van der Waals surface area contributed by atoms with Gasteiger partial charge in [-0.1, -0.05) is 32.6 Å². The summed E-state index contributed by atoms with van der Waals surface area (Å²) < 4.78 is 0. The second kappa shape index (κ2) is 13.0. The first-order valence-corrected chi connectivity index (χ1v) is 10.1. The van der Waals surface area contributed by atoms with Crippen molar-refractivity contribution in [2.75, 3.05) is 45.8 Å². The highest BCUT2D eigenvalue weighted by atomic mass is 16.2. The molecule has 0 aliphatic carbocycles. The van der Waals surface area contributed by atoms with Gasteiger partial charge in [-0.3, -0.25) is 14.7 Å². The Hall–Kier alpha value is -1.30. The highest BCUT2D eigenvalue weighted by Crippen LogP contribution is 2.05. The molecule has 1 aliphatic rings. The topological polar surface area (TPSA) is 60.0 Å². The van der Waals surface area contributed by atoms with E-state index in [1.165, 1.54) is 32.1 Å². The van der Waals surface area contributed by atoms with Gasteiger partial charge in [0, 0.05) is 52.2 Å². The molecule has 0 bridgehead atoms. The fourth-order valence-corrected chi connectivity index (χ4v) is 3.09. The van der Waals surface area contributed by atoms with Crippen LogP contribution in [0.3, 0.4) is 0 Å². The fraction of sp³-hybridized carbons (Fsp3) is 0.895. The van der Waals surface area contributed by atoms with Gasteiger partial charge in [-0.05, 0) is 20.3 Å². The van der Waals surface area contributed by atoms with Crippen molar-refractivity contribution < 1.29 is 4.79 Å². The quantitative estimate of drug-likeness (QED) is 0.359. The third kappa shape index (κ3) is 9.68. The van der Waals surface area contributed by atoms with Crippen LogP contribution in [-0.2, 0) is 4.79 Å². The summed E-state index contributed by atoms with van der Waals surface area (Å²) in [5.41, 5.74) is 0. The van der Waals surface area contributed by atoms with E-state index in [-0.39, 0.29) is 5.91 Å². The minimum atomic E-state index is 0.184. The van der Waals surface area contributed by atoms with Crippen molar-refractivity contribution in [3.63, 3.8) is 0 Å². The standard InChI is InChI=1S/C19H39N5O/c1-5-7-8-9-10-17(3)22-19(20-6-2)21-11-12-23-13-15-24(16-14-23)18(4)25/h17H,5-16H2,1-4H3,(H2,20,21,22). The average Bonchev–Trinajstić information content (AvgIpc) is 2.59. The number of guanidine groups is 1. The number of nitrogens with zero attached hydrogens (tertiary/aromatic N) is 3. The van der Waals surface area contributed by atoms with Gasteiger partial charge in [0.25, 0.3) is 0 Å². The molecule has 1 rings (SSSR count). The molecule has 1 aliphatic heterocycles. The molecule has 146 valence electrons. The van der Waals surface area contributed by atoms with Crippen molar-refractivity contribution in [3.8, 4) is 0 Å². The molecule has 0 aromatic carbocycles. The molecule has 0 aromatic heterocycles. The predicted octanol–water partition coefficient (Wildman–Crippen LogP) is 2.06. The first-order chi connectivity index (χ1) is 12.1. The maximum atomic E-state index is 11.4. The summed E-state index contributed by atoms with van der Waals surface area (Å²) in [7, 11) is 0. The van der Waals surface area contributed by atoms with Crippen LogP contribution < -0.4 is 10.6 Å². The number of nitrogens with one attached hydrogen (secondary N) is 2. The van der Waals surface area contributed by atoms with Crippen LogP contribution in [0.4, 0.5) is 0 Å². The maximum Gasteiger partial charge on any atom is 0.219 e. The van der Waals surface area contributed by atoms with Crippen molar-refractivity contribution in [1.29, 1.82) is 0 Å². The lowest BCUT2D eigenvalue weighted by atomic mass is 10.1. The summed E-state index contributed by atoms with van der Waals surface area (Å²) in [5, 5.41) is 6.86. The molecule has 1 atom stereocenters. The third-order valence-corrected chi connectivity index (χ3v) is 4.72. The monoisotopic (exact) mass is 353 g/mol. The van der Waals surface area contributed by atoms with E-state index in [4.69, 9.17) is 4.99 Å². The van der Waals surface area contributed by atoms with E-state index in [1.54, 1.807) is 6.92 Å². The molecule has 1 amide bonds. The molecule has 0 saturated carbocycles. The summed E-state index contributed by atoms with van der Waals surface area (Å²) in [6.45, 7) is 14.4. The van der Waals surface area contributed by atoms with Gasteiger partial charge in [0.15, 0.2) is 5.96 Å². The zero-order chi connectivity index (χ0) is 18.5. The van der Waals surface area contributed by atoms with Crippen molar-refractivity contribution in [2.45, 2.75) is 65.8 Å². The first-order valence-electron chi connectivity index (χ1n) is 10.1. The summed E-state index contributed by atoms with van der Waals surface area (Å²) in [5.74, 6) is 1.11. The van der Waals surface area contributed by atoms with Crippen LogP contribution in [-0.4, -0.2) is 73.5 Å². The lowest BCUT2D eigenvalue weighted by Gasteiger charge is -2.33. The summed E-state index contributed by atoms with van der Waals surface area (Å²) in [4.78, 5) is 20.4. The van der Waals surface area contributed by atoms with E-state index in [2.05, 4.69) is 36.3 Å². The molecule has 6 heteroatoms. The number of carbonyl (C=O) groups excluding carboxylic acids is 1. The molecule has 0 spiro atoms. The van der Waals surface area contributed by atoms with Gasteiger partial charge in [-0.2, -0.15) is 0 Å². The molecule has 1 unspecified atom stereocenters. The summed E-state index contributed by atoms with van der Waals surface area (Å²) in [6.07, 6.45) is 6.41. The minimum absolute atomic E-state index is 0.184. The normalized spacial score (nSPS) is 17.4. The third-order valence-electron chi connectivity index (χ3n) is 4.72. The van der Waals surface area contributed by atoms with Crippen LogP contribution in [0.5, 0.6) is 0 Å². The molecular weight excluding hydrogens is 314 g/mol. The zero-order valence-electron chi connectivity index (χ0n) is 16.8. The number of hydrogen-bond acceptors (Lipinski definition) is 3. The molecule has 0 radical (unpaired) electrons. The van der Waals surface area contributed by atoms with Crippen LogP contribution in [0, 0.1) is 0 Å². The smallest absolute Gasteiger partial charge is 0.219 e. The van der Waals surface area contributed by atoms with Crippen LogP contribution in [0.15, 0.2) is 4.99 Å². The molecule has 25 heavy (non-hydrogen) atoms. The van der Waals surface area contributed by atoms with Crippen molar-refractivity contribution in [3.05, 3.63) is 0 Å². The number of unbranched alkanes of at least 4 members (excludes halogenated alkanes) is 3. The van der Waals surface area contributed by atoms with Gasteiger partial charge < -0.3 is 15.5 Å². The van der Waals surface area contributed by atoms with Crippen LogP contribution >= 0.6 is 0 Å². The van der Waals surface area contributed by atoms with Gasteiger partial charge in [0.05, 0.1) is 6.54 Å². The molecule has 1 heterocycles. The first kappa shape index (κ1) is 21.7. The Morgan fingerprint density at radius 1 is 1.12 bits per heavy atom. The lowest BCUT2D eigenvalue weighted by molar-refractivity contribution is -0.130. The number of piperazine rings is 1. The number of amides is 1. The number of aliphatic imine (C=N–C) groups is 1. The van der Waals surface area contributed by atoms with E-state index >= 15 is 0 Å². The minimum Gasteiger partial charge on any atom is -0.357 e. The fourth-order valence-electron chi connectivity index (χ4n) is 3.09. The molecular formula is C19H39N5O. The Kier molecular flexibility index (Phi) is 11.3. The van der Waals surface area contributed by atoms with E-state index in [0.29, 0.717) is 6.04 Å². The highest BCUT2D eigenvalue weighted by molar-refractivity contribution is 5.80. The summed E-state index contributed by atoms with van der Waals surface area (Å²) in [6, 6.07) is 0.453. The van der Waals surface area contributed by atoms with Gasteiger partial charge in [0.1, 0.15) is 0 Å². The Labute approximate surface area is 154 Å². The van der Waals surface area contributed by atoms with Gasteiger partial charge in [-0.25, -0.2) is 0 Å². The molecule has 6 nitrogen and oxygen atoms in total. The van der Waals surface area contributed by atoms with Crippen LogP contribution in [0.2, 0.25) is 0 Å². The van der Waals surface area contributed by atoms with Crippen molar-refractivity contribution in [1.82, 2.24) is 20.4 Å². The Balaban J connectivity index is 2.29. The van der Waals surface area contributed by atoms with Crippen LogP contribution in [0.25, 0.3) is 0 Å². The van der Waals surface area contributed by atoms with Gasteiger partial charge in [0.2, 0.25) is 5.91 Å². The average molecular weight is 354 g/mol. The van der Waals surface area contributed by atoms with E-state index in [0.717, 1.165) is 51.8 Å². The highest BCUT2D eigenvalue weighted by Gasteiger charge is 2.17. The lowest BCUT2D eigenvalue weighted by Crippen LogP contribution is -2.48. The van der Waals surface area contributed by atoms with Crippen LogP contribution in [0.1, 0.15) is 59.8 Å². The second-order valence-corrected chi connectivity index (χ2v) is 7.00. The van der Waals surface area contributed by atoms with E-state index < -0.39 is 0 Å². The van der Waals surface area contributed by atoms with E-state index in [9.17, 15) is 4.79 Å². The molecule has 1 saturated heterocycles. The zero-order valence-corrected chi connectivity index (χ0v) is 16.8. The largest absolute Gasteiger partial charge is 0.357 e. The Morgan fingerprint density at radius 2 is 1.84 bits per heavy atom. The van der Waals surface area contributed by atoms with Crippen molar-refractivity contribution in [2.24, 2.45) is 4.99 Å². The summed E-state index contributed by atoms with van der Waals surface area (Å²) >= 11 is 0. The second-order valence-electron chi connectivity index (χ2n) is 7.00. The molecule has 1 fully saturated rings. The van der Waals surface area contributed by atoms with Gasteiger partial charge >= 0.3 is 0 Å². The maximum absolute atomic E-state index is 11.4. The van der Waals surface area contributed by atoms with Gasteiger partial charge in [-0.15, -0.1) is 0 Å². The SMILES string of the molecule is CCCCCCC(C)NC(=NCCN1CCN(C(C)=O)CC1)NCC. The van der Waals surface area contributed by atoms with Crippen molar-refractivity contribution >= 4 is 11.9 Å².